The number of hydrogen-bond donors (Lipinski definition) is 1. The van der Waals surface area contributed by atoms with Gasteiger partial charge in [0.15, 0.2) is 18.9 Å². The van der Waals surface area contributed by atoms with Crippen molar-refractivity contribution in [3.05, 3.63) is 88.5 Å². The zero-order valence-electron chi connectivity index (χ0n) is 18.3. The topological polar surface area (TPSA) is 106 Å². The van der Waals surface area contributed by atoms with Gasteiger partial charge in [-0.25, -0.2) is 13.8 Å². The molecule has 1 saturated heterocycles. The normalized spacial score (nSPS) is 15.2. The molecule has 1 atom stereocenters. The maximum absolute atomic E-state index is 14.9. The van der Waals surface area contributed by atoms with Gasteiger partial charge in [-0.1, -0.05) is 12.1 Å². The molecule has 0 spiro atoms. The SMILES string of the molecule is CC(=O)NC[C@H]1CN(c2ccc(-c3cc[n+](Cc4cccc([N+](=O)[O-])c4)cc3)c(F)c2)C(=O)O1. The first-order chi connectivity index (χ1) is 16.3. The number of nitrogens with one attached hydrogen (secondary N) is 1. The number of benzene rings is 2. The van der Waals surface area contributed by atoms with Crippen LogP contribution < -0.4 is 14.8 Å². The third-order valence-corrected chi connectivity index (χ3v) is 5.41. The van der Waals surface area contributed by atoms with Gasteiger partial charge in [-0.05, 0) is 23.8 Å². The molecule has 1 aliphatic rings. The molecule has 34 heavy (non-hydrogen) atoms. The van der Waals surface area contributed by atoms with E-state index in [-0.39, 0.29) is 24.7 Å². The predicted molar refractivity (Wildman–Crippen MR) is 121 cm³/mol. The average Bonchev–Trinajstić information content (AvgIpc) is 3.19. The molecule has 0 unspecified atom stereocenters. The molecule has 9 nitrogen and oxygen atoms in total. The lowest BCUT2D eigenvalue weighted by atomic mass is 10.1. The number of halogens is 1. The second kappa shape index (κ2) is 9.65. The van der Waals surface area contributed by atoms with Crippen LogP contribution in [0.1, 0.15) is 12.5 Å². The average molecular weight is 465 g/mol. The third-order valence-electron chi connectivity index (χ3n) is 5.41. The Morgan fingerprint density at radius 3 is 2.68 bits per heavy atom. The number of nitro groups is 1. The van der Waals surface area contributed by atoms with Crippen molar-refractivity contribution in [3.8, 4) is 11.1 Å². The molecule has 2 heterocycles. The molecule has 3 aromatic rings. The highest BCUT2D eigenvalue weighted by molar-refractivity contribution is 5.90. The Labute approximate surface area is 194 Å². The molecule has 174 valence electrons. The van der Waals surface area contributed by atoms with Crippen LogP contribution in [0, 0.1) is 15.9 Å². The number of cyclic esters (lactones) is 1. The van der Waals surface area contributed by atoms with Gasteiger partial charge < -0.3 is 10.1 Å². The van der Waals surface area contributed by atoms with Gasteiger partial charge in [0.2, 0.25) is 5.91 Å². The Hall–Kier alpha value is -4.34. The van der Waals surface area contributed by atoms with Crippen molar-refractivity contribution in [2.75, 3.05) is 18.0 Å². The van der Waals surface area contributed by atoms with E-state index in [4.69, 9.17) is 4.74 Å². The zero-order valence-corrected chi connectivity index (χ0v) is 18.3. The van der Waals surface area contributed by atoms with Crippen LogP contribution in [0.5, 0.6) is 0 Å². The Kier molecular flexibility index (Phi) is 6.48. The maximum atomic E-state index is 14.9. The molecule has 0 aliphatic carbocycles. The van der Waals surface area contributed by atoms with E-state index in [9.17, 15) is 24.1 Å². The molecule has 0 bridgehead atoms. The van der Waals surface area contributed by atoms with Crippen LogP contribution in [0.2, 0.25) is 0 Å². The lowest BCUT2D eigenvalue weighted by molar-refractivity contribution is -0.688. The number of pyridine rings is 1. The van der Waals surface area contributed by atoms with Crippen molar-refractivity contribution in [3.63, 3.8) is 0 Å². The highest BCUT2D eigenvalue weighted by Gasteiger charge is 2.32. The number of non-ortho nitro benzene ring substituents is 1. The fourth-order valence-corrected chi connectivity index (χ4v) is 3.72. The van der Waals surface area contributed by atoms with E-state index in [0.717, 1.165) is 5.56 Å². The summed E-state index contributed by atoms with van der Waals surface area (Å²) in [5.41, 5.74) is 2.19. The van der Waals surface area contributed by atoms with Crippen LogP contribution in [0.3, 0.4) is 0 Å². The van der Waals surface area contributed by atoms with Crippen molar-refractivity contribution < 1.29 is 28.2 Å². The minimum absolute atomic E-state index is 0.0280. The Morgan fingerprint density at radius 2 is 2.00 bits per heavy atom. The second-order valence-corrected chi connectivity index (χ2v) is 7.90. The summed E-state index contributed by atoms with van der Waals surface area (Å²) in [7, 11) is 0. The summed E-state index contributed by atoms with van der Waals surface area (Å²) in [5, 5.41) is 13.6. The van der Waals surface area contributed by atoms with E-state index in [1.54, 1.807) is 48.8 Å². The molecule has 2 amide bonds. The van der Waals surface area contributed by atoms with E-state index in [0.29, 0.717) is 23.4 Å². The molecule has 1 aliphatic heterocycles. The van der Waals surface area contributed by atoms with Crippen LogP contribution in [-0.4, -0.2) is 36.1 Å². The van der Waals surface area contributed by atoms with Crippen molar-refractivity contribution >= 4 is 23.4 Å². The Balaban J connectivity index is 1.46. The quantitative estimate of drug-likeness (QED) is 0.328. The maximum Gasteiger partial charge on any atom is 0.414 e. The van der Waals surface area contributed by atoms with Crippen molar-refractivity contribution in [1.82, 2.24) is 5.32 Å². The summed E-state index contributed by atoms with van der Waals surface area (Å²) in [6, 6.07) is 14.4. The van der Waals surface area contributed by atoms with Gasteiger partial charge in [0.25, 0.3) is 5.69 Å². The van der Waals surface area contributed by atoms with Gasteiger partial charge in [-0.3, -0.25) is 19.8 Å². The highest BCUT2D eigenvalue weighted by atomic mass is 19.1. The fraction of sp³-hybridized carbons (Fsp3) is 0.208. The van der Waals surface area contributed by atoms with Crippen molar-refractivity contribution in [1.29, 1.82) is 0 Å². The van der Waals surface area contributed by atoms with E-state index in [2.05, 4.69) is 5.32 Å². The number of nitro benzene ring substituents is 1. The molecule has 1 aromatic heterocycles. The number of aromatic nitrogens is 1. The summed E-state index contributed by atoms with van der Waals surface area (Å²) in [6.07, 6.45) is 2.44. The molecule has 10 heteroatoms. The molecule has 1 N–H and O–H groups in total. The molecule has 0 radical (unpaired) electrons. The first-order valence-electron chi connectivity index (χ1n) is 10.5. The van der Waals surface area contributed by atoms with Gasteiger partial charge >= 0.3 is 6.09 Å². The molecule has 2 aromatic carbocycles. The van der Waals surface area contributed by atoms with Crippen LogP contribution in [0.4, 0.5) is 20.6 Å². The zero-order chi connectivity index (χ0) is 24.2. The van der Waals surface area contributed by atoms with Gasteiger partial charge in [-0.2, -0.15) is 0 Å². The van der Waals surface area contributed by atoms with Gasteiger partial charge in [0.1, 0.15) is 11.9 Å². The lowest BCUT2D eigenvalue weighted by Crippen LogP contribution is -2.33. The first kappa shape index (κ1) is 22.8. The molecular weight excluding hydrogens is 443 g/mol. The number of nitrogens with zero attached hydrogens (tertiary/aromatic N) is 3. The fourth-order valence-electron chi connectivity index (χ4n) is 3.72. The highest BCUT2D eigenvalue weighted by Crippen LogP contribution is 2.28. The Bertz CT molecular complexity index is 1250. The number of ether oxygens (including phenoxy) is 1. The van der Waals surface area contributed by atoms with Crippen LogP contribution in [0.15, 0.2) is 67.0 Å². The standard InChI is InChI=1S/C24H21FN4O5/c1-16(30)26-13-21-15-28(24(31)34-21)19-5-6-22(23(25)12-19)18-7-9-27(10-8-18)14-17-3-2-4-20(11-17)29(32)33/h2-12,21H,13-15H2,1H3/p+1/t21-/m0/s1. The largest absolute Gasteiger partial charge is 0.442 e. The minimum Gasteiger partial charge on any atom is -0.442 e. The summed E-state index contributed by atoms with van der Waals surface area (Å²) in [5.74, 6) is -0.716. The molecular formula is C24H22FN4O5+. The summed E-state index contributed by atoms with van der Waals surface area (Å²) < 4.78 is 22.0. The molecule has 4 rings (SSSR count). The van der Waals surface area contributed by atoms with Crippen LogP contribution in [0.25, 0.3) is 11.1 Å². The predicted octanol–water partition coefficient (Wildman–Crippen LogP) is 3.20. The summed E-state index contributed by atoms with van der Waals surface area (Å²) in [4.78, 5) is 35.1. The van der Waals surface area contributed by atoms with Crippen molar-refractivity contribution in [2.45, 2.75) is 19.6 Å². The van der Waals surface area contributed by atoms with Crippen molar-refractivity contribution in [2.24, 2.45) is 0 Å². The van der Waals surface area contributed by atoms with Gasteiger partial charge in [0, 0.05) is 42.3 Å². The number of carbonyl (C=O) groups excluding carboxylic acids is 2. The van der Waals surface area contributed by atoms with E-state index < -0.39 is 22.9 Å². The third kappa shape index (κ3) is 5.17. The summed E-state index contributed by atoms with van der Waals surface area (Å²) >= 11 is 0. The molecule has 1 fully saturated rings. The van der Waals surface area contributed by atoms with Gasteiger partial charge in [0.05, 0.1) is 23.7 Å². The van der Waals surface area contributed by atoms with E-state index >= 15 is 0 Å². The number of rotatable bonds is 7. The van der Waals surface area contributed by atoms with Crippen LogP contribution >= 0.6 is 0 Å². The summed E-state index contributed by atoms with van der Waals surface area (Å²) in [6.45, 7) is 2.21. The van der Waals surface area contributed by atoms with Crippen LogP contribution in [-0.2, 0) is 16.1 Å². The monoisotopic (exact) mass is 465 g/mol. The number of hydrogen-bond acceptors (Lipinski definition) is 5. The number of anilines is 1. The van der Waals surface area contributed by atoms with E-state index in [1.165, 1.54) is 30.0 Å². The lowest BCUT2D eigenvalue weighted by Gasteiger charge is -2.14. The Morgan fingerprint density at radius 1 is 1.24 bits per heavy atom. The number of carbonyl (C=O) groups is 2. The van der Waals surface area contributed by atoms with E-state index in [1.807, 2.05) is 4.57 Å². The minimum atomic E-state index is -0.593. The second-order valence-electron chi connectivity index (χ2n) is 7.90. The van der Waals surface area contributed by atoms with Gasteiger partial charge in [-0.15, -0.1) is 0 Å². The molecule has 0 saturated carbocycles. The smallest absolute Gasteiger partial charge is 0.414 e. The first-order valence-corrected chi connectivity index (χ1v) is 10.5. The number of amides is 2.